The van der Waals surface area contributed by atoms with E-state index in [9.17, 15) is 18.8 Å². The number of ketones is 1. The number of fused-ring (bicyclic) bond motifs is 1. The number of rotatable bonds is 10. The van der Waals surface area contributed by atoms with E-state index >= 15 is 0 Å². The van der Waals surface area contributed by atoms with Crippen LogP contribution in [0.5, 0.6) is 0 Å². The molecule has 0 saturated carbocycles. The van der Waals surface area contributed by atoms with Crippen molar-refractivity contribution in [1.82, 2.24) is 10.3 Å². The molecule has 0 aliphatic carbocycles. The van der Waals surface area contributed by atoms with Crippen LogP contribution in [-0.4, -0.2) is 35.3 Å². The monoisotopic (exact) mass is 526 g/mol. The van der Waals surface area contributed by atoms with Gasteiger partial charge in [0.1, 0.15) is 11.7 Å². The first-order chi connectivity index (χ1) is 18.9. The predicted molar refractivity (Wildman–Crippen MR) is 147 cm³/mol. The number of carbonyl (C=O) groups excluding carboxylic acids is 3. The Labute approximate surface area is 226 Å². The van der Waals surface area contributed by atoms with Gasteiger partial charge in [0.05, 0.1) is 0 Å². The molecule has 7 heteroatoms. The van der Waals surface area contributed by atoms with Crippen LogP contribution >= 0.6 is 0 Å². The molecule has 1 aromatic heterocycles. The van der Waals surface area contributed by atoms with Gasteiger partial charge < -0.3 is 15.0 Å². The van der Waals surface area contributed by atoms with Crippen LogP contribution in [0.2, 0.25) is 0 Å². The topological polar surface area (TPSA) is 88.3 Å². The summed E-state index contributed by atoms with van der Waals surface area (Å²) >= 11 is 0. The minimum absolute atomic E-state index is 0.157. The molecule has 1 aliphatic heterocycles. The lowest BCUT2D eigenvalue weighted by Crippen LogP contribution is -2.29. The maximum absolute atomic E-state index is 14.2. The highest BCUT2D eigenvalue weighted by Crippen LogP contribution is 2.41. The van der Waals surface area contributed by atoms with Gasteiger partial charge in [0.15, 0.2) is 11.9 Å². The van der Waals surface area contributed by atoms with Crippen molar-refractivity contribution >= 4 is 28.6 Å². The average molecular weight is 527 g/mol. The van der Waals surface area contributed by atoms with Crippen molar-refractivity contribution in [3.8, 4) is 0 Å². The molecular formula is C32H31FN2O4. The van der Waals surface area contributed by atoms with E-state index in [1.165, 1.54) is 24.6 Å². The first kappa shape index (κ1) is 26.4. The number of aromatic amines is 1. The summed E-state index contributed by atoms with van der Waals surface area (Å²) in [5, 5.41) is 3.60. The highest BCUT2D eigenvalue weighted by atomic mass is 19.1. The molecule has 1 fully saturated rings. The molecule has 5 rings (SSSR count). The van der Waals surface area contributed by atoms with Crippen molar-refractivity contribution in [3.05, 3.63) is 107 Å². The molecule has 0 radical (unpaired) electrons. The van der Waals surface area contributed by atoms with Gasteiger partial charge in [-0.3, -0.25) is 14.4 Å². The molecule has 3 aromatic carbocycles. The Balaban J connectivity index is 1.49. The van der Waals surface area contributed by atoms with Crippen LogP contribution in [0.1, 0.15) is 48.1 Å². The molecule has 0 bridgehead atoms. The van der Waals surface area contributed by atoms with E-state index < -0.39 is 29.7 Å². The number of H-pyrrole nitrogens is 1. The summed E-state index contributed by atoms with van der Waals surface area (Å²) in [7, 11) is 0. The lowest BCUT2D eigenvalue weighted by molar-refractivity contribution is -0.145. The molecule has 6 nitrogen and oxygen atoms in total. The molecule has 3 atom stereocenters. The summed E-state index contributed by atoms with van der Waals surface area (Å²) < 4.78 is 19.8. The van der Waals surface area contributed by atoms with Crippen LogP contribution in [-0.2, 0) is 32.0 Å². The number of nitrogens with one attached hydrogen (secondary N) is 2. The third kappa shape index (κ3) is 5.77. The van der Waals surface area contributed by atoms with Gasteiger partial charge in [-0.15, -0.1) is 0 Å². The van der Waals surface area contributed by atoms with Crippen molar-refractivity contribution in [2.75, 3.05) is 6.54 Å². The number of cyclic esters (lactones) is 1. The number of halogens is 1. The second kappa shape index (κ2) is 11.6. The zero-order chi connectivity index (χ0) is 27.4. The number of Topliss-reactive ketones (excluding diaryl/α,β-unsaturated/α-hetero) is 1. The van der Waals surface area contributed by atoms with E-state index in [2.05, 4.69) is 10.3 Å². The van der Waals surface area contributed by atoms with Crippen molar-refractivity contribution in [2.45, 2.75) is 44.6 Å². The lowest BCUT2D eigenvalue weighted by Gasteiger charge is -2.22. The van der Waals surface area contributed by atoms with Crippen LogP contribution in [0, 0.1) is 11.7 Å². The molecular weight excluding hydrogens is 495 g/mol. The zero-order valence-electron chi connectivity index (χ0n) is 21.8. The van der Waals surface area contributed by atoms with E-state index in [-0.39, 0.29) is 11.7 Å². The Bertz CT molecular complexity index is 1480. The number of aryl methyl sites for hydroxylation is 1. The van der Waals surface area contributed by atoms with Gasteiger partial charge in [-0.25, -0.2) is 4.39 Å². The number of aromatic nitrogens is 1. The number of amides is 1. The average Bonchev–Trinajstić information content (AvgIpc) is 3.41. The van der Waals surface area contributed by atoms with Gasteiger partial charge >= 0.3 is 5.97 Å². The van der Waals surface area contributed by atoms with Gasteiger partial charge in [0.25, 0.3) is 0 Å². The second-order valence-corrected chi connectivity index (χ2v) is 10.0. The molecule has 3 unspecified atom stereocenters. The fourth-order valence-corrected chi connectivity index (χ4v) is 5.56. The van der Waals surface area contributed by atoms with Crippen LogP contribution in [0.15, 0.2) is 78.9 Å². The maximum Gasteiger partial charge on any atom is 0.318 e. The Hall–Kier alpha value is -4.26. The Morgan fingerprint density at radius 3 is 2.44 bits per heavy atom. The Morgan fingerprint density at radius 1 is 1.00 bits per heavy atom. The zero-order valence-corrected chi connectivity index (χ0v) is 21.8. The molecule has 39 heavy (non-hydrogen) atoms. The SMILES string of the molecule is CC(=O)NCCc1c(C(c2ccccc2)C2C(=O)OC(CCCc3ccccc3)C2=O)[nH]c2cc(F)ccc12. The lowest BCUT2D eigenvalue weighted by atomic mass is 9.79. The number of hydrogen-bond acceptors (Lipinski definition) is 4. The normalized spacial score (nSPS) is 17.8. The summed E-state index contributed by atoms with van der Waals surface area (Å²) in [6.07, 6.45) is 1.59. The molecule has 2 heterocycles. The summed E-state index contributed by atoms with van der Waals surface area (Å²) in [5.41, 5.74) is 4.02. The van der Waals surface area contributed by atoms with Crippen LogP contribution in [0.25, 0.3) is 10.9 Å². The Kier molecular flexibility index (Phi) is 7.87. The summed E-state index contributed by atoms with van der Waals surface area (Å²) in [6, 6.07) is 23.9. The van der Waals surface area contributed by atoms with Crippen molar-refractivity contribution in [3.63, 3.8) is 0 Å². The quantitative estimate of drug-likeness (QED) is 0.218. The highest BCUT2D eigenvalue weighted by molar-refractivity contribution is 6.08. The van der Waals surface area contributed by atoms with Gasteiger partial charge in [-0.1, -0.05) is 60.7 Å². The minimum atomic E-state index is -1.04. The summed E-state index contributed by atoms with van der Waals surface area (Å²) in [4.78, 5) is 42.0. The third-order valence-electron chi connectivity index (χ3n) is 7.36. The largest absolute Gasteiger partial charge is 0.454 e. The standard InChI is InChI=1S/C32H31FN2O4/c1-20(36)34-18-17-25-24-16-15-23(33)19-26(24)35-30(25)28(22-12-6-3-7-13-22)29-31(37)27(39-32(29)38)14-8-11-21-9-4-2-5-10-21/h2-7,9-10,12-13,15-16,19,27-29,35H,8,11,14,17-18H2,1H3,(H,34,36). The predicted octanol–water partition coefficient (Wildman–Crippen LogP) is 5.25. The van der Waals surface area contributed by atoms with Crippen LogP contribution < -0.4 is 5.32 Å². The van der Waals surface area contributed by atoms with E-state index in [1.54, 1.807) is 6.07 Å². The first-order valence-corrected chi connectivity index (χ1v) is 13.3. The second-order valence-electron chi connectivity index (χ2n) is 10.0. The van der Waals surface area contributed by atoms with Crippen molar-refractivity contribution in [2.24, 2.45) is 5.92 Å². The van der Waals surface area contributed by atoms with E-state index in [1.807, 2.05) is 60.7 Å². The molecule has 4 aromatic rings. The fraction of sp³-hybridized carbons (Fsp3) is 0.281. The smallest absolute Gasteiger partial charge is 0.318 e. The maximum atomic E-state index is 14.2. The highest BCUT2D eigenvalue weighted by Gasteiger charge is 2.49. The molecule has 1 amide bonds. The number of ether oxygens (including phenoxy) is 1. The number of carbonyl (C=O) groups is 3. The summed E-state index contributed by atoms with van der Waals surface area (Å²) in [6.45, 7) is 1.81. The third-order valence-corrected chi connectivity index (χ3v) is 7.36. The fourth-order valence-electron chi connectivity index (χ4n) is 5.56. The molecule has 1 aliphatic rings. The minimum Gasteiger partial charge on any atom is -0.454 e. The van der Waals surface area contributed by atoms with E-state index in [0.717, 1.165) is 22.9 Å². The van der Waals surface area contributed by atoms with Gasteiger partial charge in [0, 0.05) is 36.0 Å². The van der Waals surface area contributed by atoms with E-state index in [4.69, 9.17) is 4.74 Å². The number of benzene rings is 3. The summed E-state index contributed by atoms with van der Waals surface area (Å²) in [5.74, 6) is -3.01. The number of hydrogen-bond donors (Lipinski definition) is 2. The van der Waals surface area contributed by atoms with Crippen LogP contribution in [0.4, 0.5) is 4.39 Å². The van der Waals surface area contributed by atoms with Crippen molar-refractivity contribution in [1.29, 1.82) is 0 Å². The molecule has 200 valence electrons. The number of esters is 1. The van der Waals surface area contributed by atoms with E-state index in [0.29, 0.717) is 37.0 Å². The van der Waals surface area contributed by atoms with Gasteiger partial charge in [-0.05, 0) is 60.6 Å². The van der Waals surface area contributed by atoms with Gasteiger partial charge in [0.2, 0.25) is 5.91 Å². The molecule has 0 spiro atoms. The first-order valence-electron chi connectivity index (χ1n) is 13.3. The Morgan fingerprint density at radius 2 is 1.72 bits per heavy atom. The van der Waals surface area contributed by atoms with Crippen LogP contribution in [0.3, 0.4) is 0 Å². The molecule has 2 N–H and O–H groups in total. The van der Waals surface area contributed by atoms with Crippen molar-refractivity contribution < 1.29 is 23.5 Å². The molecule has 1 saturated heterocycles. The van der Waals surface area contributed by atoms with Gasteiger partial charge in [-0.2, -0.15) is 0 Å².